The Labute approximate surface area is 147 Å². The summed E-state index contributed by atoms with van der Waals surface area (Å²) >= 11 is 0. The van der Waals surface area contributed by atoms with Gasteiger partial charge in [0, 0.05) is 39.9 Å². The average molecular weight is 332 g/mol. The van der Waals surface area contributed by atoms with Crippen molar-refractivity contribution in [3.63, 3.8) is 0 Å². The van der Waals surface area contributed by atoms with Crippen molar-refractivity contribution < 1.29 is 4.74 Å². The van der Waals surface area contributed by atoms with Gasteiger partial charge in [-0.3, -0.25) is 4.99 Å². The lowest BCUT2D eigenvalue weighted by Gasteiger charge is -2.39. The fraction of sp³-hybridized carbons (Fsp3) is 0.650. The van der Waals surface area contributed by atoms with E-state index in [1.807, 2.05) is 14.0 Å². The van der Waals surface area contributed by atoms with Crippen LogP contribution in [-0.2, 0) is 4.74 Å². The number of piperidine rings is 1. The summed E-state index contributed by atoms with van der Waals surface area (Å²) in [6.45, 7) is 9.17. The van der Waals surface area contributed by atoms with Crippen LogP contribution in [0.15, 0.2) is 35.3 Å². The SMILES string of the molecule is CCOCCCCNC(=NC)N1CCC(c2ccccc2)C(C)C1. The molecular weight excluding hydrogens is 298 g/mol. The van der Waals surface area contributed by atoms with Crippen molar-refractivity contribution >= 4 is 5.96 Å². The highest BCUT2D eigenvalue weighted by molar-refractivity contribution is 5.80. The summed E-state index contributed by atoms with van der Waals surface area (Å²) in [6, 6.07) is 10.9. The molecule has 4 heteroatoms. The van der Waals surface area contributed by atoms with Gasteiger partial charge in [0.15, 0.2) is 5.96 Å². The Morgan fingerprint density at radius 3 is 2.75 bits per heavy atom. The third-order valence-corrected chi connectivity index (χ3v) is 4.85. The van der Waals surface area contributed by atoms with Crippen LogP contribution in [0.5, 0.6) is 0 Å². The van der Waals surface area contributed by atoms with Gasteiger partial charge in [-0.05, 0) is 43.6 Å². The second-order valence-corrected chi connectivity index (χ2v) is 6.61. The highest BCUT2D eigenvalue weighted by Gasteiger charge is 2.28. The number of aliphatic imine (C=N–C) groups is 1. The van der Waals surface area contributed by atoms with E-state index in [2.05, 4.69) is 52.5 Å². The molecular formula is C20H33N3O. The number of rotatable bonds is 7. The monoisotopic (exact) mass is 331 g/mol. The number of unbranched alkanes of at least 4 members (excludes halogenated alkanes) is 1. The number of likely N-dealkylation sites (tertiary alicyclic amines) is 1. The Morgan fingerprint density at radius 1 is 1.29 bits per heavy atom. The zero-order valence-electron chi connectivity index (χ0n) is 15.5. The number of nitrogens with one attached hydrogen (secondary N) is 1. The molecule has 2 unspecified atom stereocenters. The molecule has 1 saturated heterocycles. The molecule has 134 valence electrons. The molecule has 0 aliphatic carbocycles. The molecule has 0 saturated carbocycles. The van der Waals surface area contributed by atoms with Crippen LogP contribution in [0.2, 0.25) is 0 Å². The molecule has 0 amide bonds. The van der Waals surface area contributed by atoms with Crippen molar-refractivity contribution in [3.8, 4) is 0 Å². The third-order valence-electron chi connectivity index (χ3n) is 4.85. The van der Waals surface area contributed by atoms with E-state index in [1.165, 1.54) is 12.0 Å². The van der Waals surface area contributed by atoms with Gasteiger partial charge in [0.2, 0.25) is 0 Å². The maximum atomic E-state index is 5.38. The van der Waals surface area contributed by atoms with E-state index in [0.717, 1.165) is 51.6 Å². The van der Waals surface area contributed by atoms with Gasteiger partial charge in [-0.2, -0.15) is 0 Å². The molecule has 1 aliphatic rings. The Bertz CT molecular complexity index is 489. The Hall–Kier alpha value is -1.55. The quantitative estimate of drug-likeness (QED) is 0.472. The van der Waals surface area contributed by atoms with Crippen LogP contribution in [0.3, 0.4) is 0 Å². The molecule has 1 aromatic carbocycles. The second kappa shape index (κ2) is 10.3. The van der Waals surface area contributed by atoms with Crippen LogP contribution in [0.1, 0.15) is 44.6 Å². The highest BCUT2D eigenvalue weighted by atomic mass is 16.5. The number of ether oxygens (including phenoxy) is 1. The van der Waals surface area contributed by atoms with Crippen molar-refractivity contribution in [1.82, 2.24) is 10.2 Å². The standard InChI is InChI=1S/C20H33N3O/c1-4-24-15-9-8-13-22-20(21-3)23-14-12-19(17(2)16-23)18-10-6-5-7-11-18/h5-7,10-11,17,19H,4,8-9,12-16H2,1-3H3,(H,21,22). The molecule has 1 N–H and O–H groups in total. The highest BCUT2D eigenvalue weighted by Crippen LogP contribution is 2.32. The first kappa shape index (κ1) is 18.8. The minimum atomic E-state index is 0.637. The lowest BCUT2D eigenvalue weighted by molar-refractivity contribution is 0.143. The van der Waals surface area contributed by atoms with E-state index in [0.29, 0.717) is 11.8 Å². The molecule has 0 aromatic heterocycles. The van der Waals surface area contributed by atoms with Crippen LogP contribution >= 0.6 is 0 Å². The number of nitrogens with zero attached hydrogens (tertiary/aromatic N) is 2. The number of guanidine groups is 1. The second-order valence-electron chi connectivity index (χ2n) is 6.61. The van der Waals surface area contributed by atoms with E-state index in [1.54, 1.807) is 0 Å². The summed E-state index contributed by atoms with van der Waals surface area (Å²) in [5.41, 5.74) is 1.48. The topological polar surface area (TPSA) is 36.9 Å². The lowest BCUT2D eigenvalue weighted by atomic mass is 9.82. The summed E-state index contributed by atoms with van der Waals surface area (Å²) in [5, 5.41) is 3.51. The fourth-order valence-corrected chi connectivity index (χ4v) is 3.54. The molecule has 1 aromatic rings. The summed E-state index contributed by atoms with van der Waals surface area (Å²) in [4.78, 5) is 6.89. The van der Waals surface area contributed by atoms with E-state index >= 15 is 0 Å². The largest absolute Gasteiger partial charge is 0.382 e. The lowest BCUT2D eigenvalue weighted by Crippen LogP contribution is -2.48. The van der Waals surface area contributed by atoms with E-state index in [-0.39, 0.29) is 0 Å². The van der Waals surface area contributed by atoms with Crippen molar-refractivity contribution in [2.75, 3.05) is 39.9 Å². The molecule has 0 bridgehead atoms. The number of benzene rings is 1. The number of hydrogen-bond acceptors (Lipinski definition) is 2. The van der Waals surface area contributed by atoms with Crippen molar-refractivity contribution in [2.24, 2.45) is 10.9 Å². The first-order chi connectivity index (χ1) is 11.8. The van der Waals surface area contributed by atoms with Crippen LogP contribution in [0.25, 0.3) is 0 Å². The number of hydrogen-bond donors (Lipinski definition) is 1. The van der Waals surface area contributed by atoms with Gasteiger partial charge >= 0.3 is 0 Å². The minimum Gasteiger partial charge on any atom is -0.382 e. The van der Waals surface area contributed by atoms with E-state index in [4.69, 9.17) is 4.74 Å². The summed E-state index contributed by atoms with van der Waals surface area (Å²) in [5.74, 6) is 2.34. The predicted octanol–water partition coefficient (Wildman–Crippen LogP) is 3.50. The summed E-state index contributed by atoms with van der Waals surface area (Å²) in [7, 11) is 1.89. The normalized spacial score (nSPS) is 21.8. The zero-order valence-corrected chi connectivity index (χ0v) is 15.5. The van der Waals surface area contributed by atoms with Crippen molar-refractivity contribution in [1.29, 1.82) is 0 Å². The zero-order chi connectivity index (χ0) is 17.2. The average Bonchev–Trinajstić information content (AvgIpc) is 2.62. The molecule has 0 radical (unpaired) electrons. The van der Waals surface area contributed by atoms with Crippen LogP contribution in [-0.4, -0.2) is 50.8 Å². The maximum Gasteiger partial charge on any atom is 0.193 e. The van der Waals surface area contributed by atoms with Gasteiger partial charge in [-0.15, -0.1) is 0 Å². The van der Waals surface area contributed by atoms with Gasteiger partial charge < -0.3 is 15.0 Å². The molecule has 1 heterocycles. The van der Waals surface area contributed by atoms with Crippen molar-refractivity contribution in [2.45, 2.75) is 39.0 Å². The molecule has 4 nitrogen and oxygen atoms in total. The Balaban J connectivity index is 1.78. The van der Waals surface area contributed by atoms with Gasteiger partial charge in [-0.25, -0.2) is 0 Å². The molecule has 1 fully saturated rings. The van der Waals surface area contributed by atoms with Crippen LogP contribution in [0.4, 0.5) is 0 Å². The van der Waals surface area contributed by atoms with Gasteiger partial charge in [-0.1, -0.05) is 37.3 Å². The van der Waals surface area contributed by atoms with Crippen molar-refractivity contribution in [3.05, 3.63) is 35.9 Å². The molecule has 24 heavy (non-hydrogen) atoms. The fourth-order valence-electron chi connectivity index (χ4n) is 3.54. The summed E-state index contributed by atoms with van der Waals surface area (Å²) in [6.07, 6.45) is 3.41. The summed E-state index contributed by atoms with van der Waals surface area (Å²) < 4.78 is 5.38. The molecule has 2 rings (SSSR count). The van der Waals surface area contributed by atoms with Crippen LogP contribution in [0, 0.1) is 5.92 Å². The molecule has 0 spiro atoms. The third kappa shape index (κ3) is 5.52. The maximum absolute atomic E-state index is 5.38. The van der Waals surface area contributed by atoms with Crippen LogP contribution < -0.4 is 5.32 Å². The Kier molecular flexibility index (Phi) is 8.10. The molecule has 1 aliphatic heterocycles. The van der Waals surface area contributed by atoms with E-state index in [9.17, 15) is 0 Å². The first-order valence-corrected chi connectivity index (χ1v) is 9.34. The predicted molar refractivity (Wildman–Crippen MR) is 102 cm³/mol. The molecule has 2 atom stereocenters. The Morgan fingerprint density at radius 2 is 2.08 bits per heavy atom. The first-order valence-electron chi connectivity index (χ1n) is 9.34. The van der Waals surface area contributed by atoms with E-state index < -0.39 is 0 Å². The van der Waals surface area contributed by atoms with Gasteiger partial charge in [0.1, 0.15) is 0 Å². The minimum absolute atomic E-state index is 0.637. The van der Waals surface area contributed by atoms with Gasteiger partial charge in [0.05, 0.1) is 0 Å². The van der Waals surface area contributed by atoms with Gasteiger partial charge in [0.25, 0.3) is 0 Å². The smallest absolute Gasteiger partial charge is 0.193 e.